The van der Waals surface area contributed by atoms with Crippen molar-refractivity contribution < 1.29 is 4.79 Å². The molecule has 0 saturated carbocycles. The van der Waals surface area contributed by atoms with Crippen LogP contribution in [0.5, 0.6) is 0 Å². The van der Waals surface area contributed by atoms with Crippen LogP contribution in [0.25, 0.3) is 0 Å². The quantitative estimate of drug-likeness (QED) is 0.348. The molecule has 1 aliphatic rings. The van der Waals surface area contributed by atoms with Crippen molar-refractivity contribution in [2.24, 2.45) is 4.99 Å². The van der Waals surface area contributed by atoms with Gasteiger partial charge in [-0.2, -0.15) is 0 Å². The number of hydrogen-bond donors (Lipinski definition) is 0. The lowest BCUT2D eigenvalue weighted by molar-refractivity contribution is -0.119. The summed E-state index contributed by atoms with van der Waals surface area (Å²) < 4.78 is 0. The Morgan fingerprint density at radius 2 is 2.00 bits per heavy atom. The van der Waals surface area contributed by atoms with Gasteiger partial charge in [-0.15, -0.1) is 0 Å². The molecule has 0 spiro atoms. The van der Waals surface area contributed by atoms with E-state index in [1.165, 1.54) is 0 Å². The van der Waals surface area contributed by atoms with E-state index in [1.54, 1.807) is 4.90 Å². The maximum absolute atomic E-state index is 10.5. The van der Waals surface area contributed by atoms with Gasteiger partial charge in [0.2, 0.25) is 6.41 Å². The van der Waals surface area contributed by atoms with E-state index < -0.39 is 0 Å². The number of aliphatic imine (C=N–C) groups is 1. The highest BCUT2D eigenvalue weighted by atomic mass is 16.1. The first-order valence-electron chi connectivity index (χ1n) is 4.71. The molecule has 0 aromatic heterocycles. The molecule has 0 atom stereocenters. The normalized spacial score (nSPS) is 19.1. The zero-order valence-electron chi connectivity index (χ0n) is 8.36. The van der Waals surface area contributed by atoms with Crippen LogP contribution in [0.15, 0.2) is 4.99 Å². The van der Waals surface area contributed by atoms with Gasteiger partial charge >= 0.3 is 0 Å². The van der Waals surface area contributed by atoms with E-state index in [0.717, 1.165) is 44.8 Å². The van der Waals surface area contributed by atoms with Gasteiger partial charge in [-0.3, -0.25) is 9.79 Å². The maximum atomic E-state index is 10.5. The van der Waals surface area contributed by atoms with Gasteiger partial charge in [0.1, 0.15) is 0 Å². The summed E-state index contributed by atoms with van der Waals surface area (Å²) in [6.45, 7) is 5.58. The highest BCUT2D eigenvalue weighted by Gasteiger charge is 2.16. The first-order chi connectivity index (χ1) is 6.31. The first-order valence-corrected chi connectivity index (χ1v) is 4.71. The summed E-state index contributed by atoms with van der Waals surface area (Å²) in [5.41, 5.74) is 0. The molecule has 4 nitrogen and oxygen atoms in total. The molecule has 13 heavy (non-hydrogen) atoms. The largest absolute Gasteiger partial charge is 0.357 e. The number of rotatable bonds is 2. The van der Waals surface area contributed by atoms with Gasteiger partial charge in [0, 0.05) is 39.6 Å². The molecule has 0 aliphatic carbocycles. The fourth-order valence-electron chi connectivity index (χ4n) is 1.61. The molecule has 1 saturated heterocycles. The second-order valence-electron chi connectivity index (χ2n) is 3.12. The molecule has 0 bridgehead atoms. The lowest BCUT2D eigenvalue weighted by Gasteiger charge is -2.34. The summed E-state index contributed by atoms with van der Waals surface area (Å²) in [7, 11) is 1.82. The van der Waals surface area contributed by atoms with Crippen LogP contribution in [-0.4, -0.2) is 55.3 Å². The SMILES string of the molecule is CC/C(=N\C)N1CCN(C=O)CC1. The number of amidine groups is 1. The molecular weight excluding hydrogens is 166 g/mol. The molecule has 0 unspecified atom stereocenters. The van der Waals surface area contributed by atoms with E-state index in [9.17, 15) is 4.79 Å². The second-order valence-corrected chi connectivity index (χ2v) is 3.12. The van der Waals surface area contributed by atoms with Crippen LogP contribution in [0.2, 0.25) is 0 Å². The van der Waals surface area contributed by atoms with E-state index in [1.807, 2.05) is 7.05 Å². The van der Waals surface area contributed by atoms with Gasteiger partial charge in [-0.1, -0.05) is 6.92 Å². The van der Waals surface area contributed by atoms with Crippen molar-refractivity contribution in [2.75, 3.05) is 33.2 Å². The molecule has 1 heterocycles. The van der Waals surface area contributed by atoms with Gasteiger partial charge < -0.3 is 9.80 Å². The van der Waals surface area contributed by atoms with Crippen LogP contribution in [0, 0.1) is 0 Å². The number of nitrogens with zero attached hydrogens (tertiary/aromatic N) is 3. The smallest absolute Gasteiger partial charge is 0.209 e. The summed E-state index contributed by atoms with van der Waals surface area (Å²) in [6, 6.07) is 0. The van der Waals surface area contributed by atoms with Gasteiger partial charge in [0.05, 0.1) is 5.84 Å². The van der Waals surface area contributed by atoms with Crippen molar-refractivity contribution in [3.05, 3.63) is 0 Å². The predicted octanol–water partition coefficient (Wildman–Crippen LogP) is 0.199. The Morgan fingerprint density at radius 1 is 1.38 bits per heavy atom. The Balaban J connectivity index is 2.44. The summed E-state index contributed by atoms with van der Waals surface area (Å²) >= 11 is 0. The molecule has 0 aromatic carbocycles. The summed E-state index contributed by atoms with van der Waals surface area (Å²) in [4.78, 5) is 18.7. The second kappa shape index (κ2) is 4.84. The fourth-order valence-corrected chi connectivity index (χ4v) is 1.61. The van der Waals surface area contributed by atoms with Gasteiger partial charge in [-0.05, 0) is 0 Å². The predicted molar refractivity (Wildman–Crippen MR) is 52.9 cm³/mol. The van der Waals surface area contributed by atoms with Crippen LogP contribution in [-0.2, 0) is 4.79 Å². The number of hydrogen-bond acceptors (Lipinski definition) is 2. The number of carbonyl (C=O) groups is 1. The van der Waals surface area contributed by atoms with Gasteiger partial charge in [0.15, 0.2) is 0 Å². The van der Waals surface area contributed by atoms with E-state index in [4.69, 9.17) is 0 Å². The van der Waals surface area contributed by atoms with Gasteiger partial charge in [0.25, 0.3) is 0 Å². The number of carbonyl (C=O) groups excluding carboxylic acids is 1. The molecule has 0 N–H and O–H groups in total. The molecule has 1 fully saturated rings. The molecule has 0 aromatic rings. The maximum Gasteiger partial charge on any atom is 0.209 e. The Hall–Kier alpha value is -1.06. The van der Waals surface area contributed by atoms with Crippen molar-refractivity contribution in [1.82, 2.24) is 9.80 Å². The van der Waals surface area contributed by atoms with Gasteiger partial charge in [-0.25, -0.2) is 0 Å². The van der Waals surface area contributed by atoms with Crippen LogP contribution in [0.1, 0.15) is 13.3 Å². The van der Waals surface area contributed by atoms with Crippen molar-refractivity contribution in [3.63, 3.8) is 0 Å². The average molecular weight is 183 g/mol. The zero-order chi connectivity index (χ0) is 9.68. The Morgan fingerprint density at radius 3 is 2.38 bits per heavy atom. The van der Waals surface area contributed by atoms with Crippen molar-refractivity contribution in [1.29, 1.82) is 0 Å². The summed E-state index contributed by atoms with van der Waals surface area (Å²) in [5.74, 6) is 1.14. The Labute approximate surface area is 79.2 Å². The minimum atomic E-state index is 0.822. The van der Waals surface area contributed by atoms with Crippen LogP contribution in [0.3, 0.4) is 0 Å². The topological polar surface area (TPSA) is 35.9 Å². The summed E-state index contributed by atoms with van der Waals surface area (Å²) in [6.07, 6.45) is 1.89. The lowest BCUT2D eigenvalue weighted by Crippen LogP contribution is -2.47. The lowest BCUT2D eigenvalue weighted by atomic mass is 10.3. The van der Waals surface area contributed by atoms with E-state index in [-0.39, 0.29) is 0 Å². The third-order valence-electron chi connectivity index (χ3n) is 2.40. The minimum absolute atomic E-state index is 0.822. The van der Waals surface area contributed by atoms with Crippen LogP contribution >= 0.6 is 0 Å². The van der Waals surface area contributed by atoms with Crippen molar-refractivity contribution >= 4 is 12.2 Å². The molecule has 1 rings (SSSR count). The highest BCUT2D eigenvalue weighted by molar-refractivity contribution is 5.82. The minimum Gasteiger partial charge on any atom is -0.357 e. The monoisotopic (exact) mass is 183 g/mol. The van der Waals surface area contributed by atoms with E-state index in [2.05, 4.69) is 16.8 Å². The Bertz CT molecular complexity index is 195. The highest BCUT2D eigenvalue weighted by Crippen LogP contribution is 2.02. The fraction of sp³-hybridized carbons (Fsp3) is 0.778. The van der Waals surface area contributed by atoms with Crippen LogP contribution in [0.4, 0.5) is 0 Å². The Kier molecular flexibility index (Phi) is 3.73. The molecule has 4 heteroatoms. The van der Waals surface area contributed by atoms with E-state index in [0.29, 0.717) is 0 Å². The summed E-state index contributed by atoms with van der Waals surface area (Å²) in [5, 5.41) is 0. The molecule has 74 valence electrons. The molecule has 1 amide bonds. The average Bonchev–Trinajstić information content (AvgIpc) is 2.21. The van der Waals surface area contributed by atoms with E-state index >= 15 is 0 Å². The third kappa shape index (κ3) is 2.44. The molecular formula is C9H17N3O. The molecule has 0 radical (unpaired) electrons. The zero-order valence-corrected chi connectivity index (χ0v) is 8.36. The number of piperazine rings is 1. The number of amides is 1. The molecule has 1 aliphatic heterocycles. The standard InChI is InChI=1S/C9H17N3O/c1-3-9(10-2)12-6-4-11(8-13)5-7-12/h8H,3-7H2,1-2H3/b10-9+. The van der Waals surface area contributed by atoms with Crippen molar-refractivity contribution in [3.8, 4) is 0 Å². The first kappa shape index (κ1) is 10.0. The van der Waals surface area contributed by atoms with Crippen LogP contribution < -0.4 is 0 Å². The van der Waals surface area contributed by atoms with Crippen molar-refractivity contribution in [2.45, 2.75) is 13.3 Å². The third-order valence-corrected chi connectivity index (χ3v) is 2.40.